The standard InChI is InChI=1S/C10H18OSi/c1-9(2)7-8-10(3)11-12(4,5)6/h7-8H,1,3H2,2,4-6H3. The summed E-state index contributed by atoms with van der Waals surface area (Å²) in [7, 11) is -1.47. The molecular formula is C10H18OSi. The molecule has 0 N–H and O–H groups in total. The molecule has 0 aliphatic heterocycles. The van der Waals surface area contributed by atoms with E-state index in [2.05, 4.69) is 33.1 Å². The van der Waals surface area contributed by atoms with Crippen molar-refractivity contribution in [1.82, 2.24) is 0 Å². The lowest BCUT2D eigenvalue weighted by molar-refractivity contribution is 0.435. The molecule has 68 valence electrons. The highest BCUT2D eigenvalue weighted by atomic mass is 28.4. The zero-order valence-electron chi connectivity index (χ0n) is 8.48. The molecule has 0 atom stereocenters. The molecule has 4 radical (unpaired) electrons. The molecule has 0 aliphatic rings. The highest BCUT2D eigenvalue weighted by Gasteiger charge is 2.16. The molecule has 0 aromatic rings. The van der Waals surface area contributed by atoms with Gasteiger partial charge in [0, 0.05) is 6.42 Å². The van der Waals surface area contributed by atoms with Gasteiger partial charge in [-0.25, -0.2) is 0 Å². The van der Waals surface area contributed by atoms with Gasteiger partial charge in [0.2, 0.25) is 8.32 Å². The molecule has 0 saturated carbocycles. The van der Waals surface area contributed by atoms with E-state index in [9.17, 15) is 0 Å². The molecule has 0 amide bonds. The zero-order chi connectivity index (χ0) is 9.78. The fourth-order valence-electron chi connectivity index (χ4n) is 0.663. The van der Waals surface area contributed by atoms with Gasteiger partial charge in [-0.2, -0.15) is 0 Å². The summed E-state index contributed by atoms with van der Waals surface area (Å²) >= 11 is 0. The van der Waals surface area contributed by atoms with Crippen LogP contribution in [0.4, 0.5) is 0 Å². The first kappa shape index (κ1) is 11.8. The van der Waals surface area contributed by atoms with Crippen LogP contribution in [-0.4, -0.2) is 8.32 Å². The fraction of sp³-hybridized carbons (Fsp3) is 0.400. The Hall–Kier alpha value is -0.243. The van der Waals surface area contributed by atoms with Crippen LogP contribution < -0.4 is 0 Å². The highest BCUT2D eigenvalue weighted by Crippen LogP contribution is 2.14. The van der Waals surface area contributed by atoms with Gasteiger partial charge in [0.15, 0.2) is 0 Å². The Labute approximate surface area is 78.0 Å². The van der Waals surface area contributed by atoms with Crippen LogP contribution >= 0.6 is 0 Å². The summed E-state index contributed by atoms with van der Waals surface area (Å²) in [6, 6.07) is 0. The van der Waals surface area contributed by atoms with Gasteiger partial charge in [-0.15, -0.1) is 0 Å². The van der Waals surface area contributed by atoms with E-state index in [1.54, 1.807) is 0 Å². The van der Waals surface area contributed by atoms with E-state index < -0.39 is 8.32 Å². The highest BCUT2D eigenvalue weighted by molar-refractivity contribution is 6.70. The minimum atomic E-state index is -1.47. The van der Waals surface area contributed by atoms with Gasteiger partial charge < -0.3 is 4.43 Å². The molecule has 0 aliphatic carbocycles. The maximum atomic E-state index is 5.60. The van der Waals surface area contributed by atoms with Gasteiger partial charge in [0.25, 0.3) is 0 Å². The number of allylic oxidation sites excluding steroid dienone is 1. The Balaban J connectivity index is 3.61. The molecule has 0 rings (SSSR count). The molecule has 0 fully saturated rings. The van der Waals surface area contributed by atoms with Crippen LogP contribution in [0.5, 0.6) is 0 Å². The quantitative estimate of drug-likeness (QED) is 0.469. The van der Waals surface area contributed by atoms with Gasteiger partial charge in [-0.3, -0.25) is 0 Å². The third-order valence-electron chi connectivity index (χ3n) is 0.991. The molecule has 0 spiro atoms. The topological polar surface area (TPSA) is 9.23 Å². The van der Waals surface area contributed by atoms with E-state index in [1.165, 1.54) is 0 Å². The van der Waals surface area contributed by atoms with Crippen LogP contribution in [0.25, 0.3) is 0 Å². The van der Waals surface area contributed by atoms with Crippen molar-refractivity contribution < 1.29 is 4.43 Å². The summed E-state index contributed by atoms with van der Waals surface area (Å²) in [4.78, 5) is 0. The lowest BCUT2D eigenvalue weighted by atomic mass is 10.1. The van der Waals surface area contributed by atoms with Crippen molar-refractivity contribution >= 4 is 8.32 Å². The molecule has 0 saturated heterocycles. The molecule has 2 heteroatoms. The Morgan fingerprint density at radius 2 is 1.75 bits per heavy atom. The van der Waals surface area contributed by atoms with Crippen LogP contribution in [0.1, 0.15) is 6.92 Å². The Morgan fingerprint density at radius 1 is 1.25 bits per heavy atom. The predicted octanol–water partition coefficient (Wildman–Crippen LogP) is 3.19. The smallest absolute Gasteiger partial charge is 0.241 e. The Kier molecular flexibility index (Phi) is 4.61. The van der Waals surface area contributed by atoms with E-state index in [4.69, 9.17) is 4.43 Å². The first-order chi connectivity index (χ1) is 5.31. The van der Waals surface area contributed by atoms with Crippen LogP contribution in [0.15, 0.2) is 12.3 Å². The van der Waals surface area contributed by atoms with Gasteiger partial charge in [0.1, 0.15) is 0 Å². The van der Waals surface area contributed by atoms with E-state index in [-0.39, 0.29) is 0 Å². The molecule has 12 heavy (non-hydrogen) atoms. The predicted molar refractivity (Wildman–Crippen MR) is 56.4 cm³/mol. The van der Waals surface area contributed by atoms with Crippen molar-refractivity contribution in [2.75, 3.05) is 0 Å². The van der Waals surface area contributed by atoms with Crippen molar-refractivity contribution in [3.05, 3.63) is 38.0 Å². The van der Waals surface area contributed by atoms with Crippen LogP contribution in [-0.2, 0) is 4.43 Å². The minimum Gasteiger partial charge on any atom is -0.548 e. The molecular weight excluding hydrogens is 164 g/mol. The first-order valence-electron chi connectivity index (χ1n) is 4.03. The summed E-state index contributed by atoms with van der Waals surface area (Å²) in [6.07, 6.45) is 3.77. The van der Waals surface area contributed by atoms with Crippen molar-refractivity contribution in [3.63, 3.8) is 0 Å². The third kappa shape index (κ3) is 7.86. The van der Waals surface area contributed by atoms with E-state index in [0.717, 1.165) is 11.7 Å². The summed E-state index contributed by atoms with van der Waals surface area (Å²) in [5.41, 5.74) is 0. The van der Waals surface area contributed by atoms with Crippen LogP contribution in [0, 0.1) is 25.7 Å². The second-order valence-electron chi connectivity index (χ2n) is 3.86. The fourth-order valence-corrected chi connectivity index (χ4v) is 1.52. The third-order valence-corrected chi connectivity index (χ3v) is 1.87. The zero-order valence-corrected chi connectivity index (χ0v) is 9.48. The van der Waals surface area contributed by atoms with E-state index in [1.807, 2.05) is 19.8 Å². The molecule has 1 nitrogen and oxygen atoms in total. The van der Waals surface area contributed by atoms with E-state index in [0.29, 0.717) is 0 Å². The largest absolute Gasteiger partial charge is 0.548 e. The van der Waals surface area contributed by atoms with Crippen molar-refractivity contribution in [2.24, 2.45) is 0 Å². The average Bonchev–Trinajstić information content (AvgIpc) is 1.79. The molecule has 0 aromatic heterocycles. The average molecular weight is 182 g/mol. The van der Waals surface area contributed by atoms with Crippen molar-refractivity contribution in [1.29, 1.82) is 0 Å². The van der Waals surface area contributed by atoms with Gasteiger partial charge in [-0.1, -0.05) is 13.5 Å². The number of hydrogen-bond donors (Lipinski definition) is 0. The summed E-state index contributed by atoms with van der Waals surface area (Å²) in [6.45, 7) is 15.9. The Morgan fingerprint density at radius 3 is 2.08 bits per heavy atom. The lowest BCUT2D eigenvalue weighted by Gasteiger charge is -2.20. The lowest BCUT2D eigenvalue weighted by Crippen LogP contribution is -2.24. The second-order valence-corrected chi connectivity index (χ2v) is 8.29. The number of rotatable bonds is 5. The molecule has 0 aromatic carbocycles. The monoisotopic (exact) mass is 182 g/mol. The van der Waals surface area contributed by atoms with Crippen molar-refractivity contribution in [2.45, 2.75) is 26.6 Å². The van der Waals surface area contributed by atoms with Crippen LogP contribution in [0.2, 0.25) is 19.6 Å². The Bertz CT molecular complexity index is 144. The summed E-state index contributed by atoms with van der Waals surface area (Å²) in [5.74, 6) is 1.74. The van der Waals surface area contributed by atoms with Gasteiger partial charge in [0.05, 0.1) is 5.76 Å². The van der Waals surface area contributed by atoms with Crippen LogP contribution in [0.3, 0.4) is 0 Å². The summed E-state index contributed by atoms with van der Waals surface area (Å²) in [5, 5.41) is 0. The maximum Gasteiger partial charge on any atom is 0.241 e. The minimum absolute atomic E-state index is 0.733. The SMILES string of the molecule is [CH2][C](C)[CH][CH]C(=C)O[Si](C)(C)C. The van der Waals surface area contributed by atoms with E-state index >= 15 is 0 Å². The first-order valence-corrected chi connectivity index (χ1v) is 7.43. The van der Waals surface area contributed by atoms with Gasteiger partial charge in [-0.05, 0) is 38.9 Å². The van der Waals surface area contributed by atoms with Crippen molar-refractivity contribution in [3.8, 4) is 0 Å². The summed E-state index contributed by atoms with van der Waals surface area (Å²) < 4.78 is 5.60. The molecule has 0 unspecified atom stereocenters. The normalized spacial score (nSPS) is 11.8. The molecule has 0 heterocycles. The number of hydrogen-bond acceptors (Lipinski definition) is 1. The molecule has 0 bridgehead atoms. The maximum absolute atomic E-state index is 5.60. The second kappa shape index (κ2) is 4.70. The van der Waals surface area contributed by atoms with Gasteiger partial charge >= 0.3 is 0 Å².